The first-order valence-corrected chi connectivity index (χ1v) is 15.9. The first-order chi connectivity index (χ1) is 16.7. The Labute approximate surface area is 209 Å². The van der Waals surface area contributed by atoms with Gasteiger partial charge in [0.05, 0.1) is 20.3 Å². The molecular formula is C26H27NO6SSi. The lowest BCUT2D eigenvalue weighted by Gasteiger charge is -2.16. The monoisotopic (exact) mass is 509 g/mol. The highest BCUT2D eigenvalue weighted by Crippen LogP contribution is 2.42. The molecule has 0 saturated carbocycles. The molecule has 2 aromatic heterocycles. The summed E-state index contributed by atoms with van der Waals surface area (Å²) in [5.41, 5.74) is 3.18. The van der Waals surface area contributed by atoms with E-state index in [2.05, 4.69) is 30.7 Å². The summed E-state index contributed by atoms with van der Waals surface area (Å²) in [4.78, 5) is 42.7. The van der Waals surface area contributed by atoms with Gasteiger partial charge < -0.3 is 14.2 Å². The summed E-state index contributed by atoms with van der Waals surface area (Å²) < 4.78 is 16.3. The topological polar surface area (TPSA) is 91.8 Å². The van der Waals surface area contributed by atoms with Gasteiger partial charge in [0.25, 0.3) is 0 Å². The van der Waals surface area contributed by atoms with Gasteiger partial charge in [0.1, 0.15) is 11.4 Å². The van der Waals surface area contributed by atoms with Gasteiger partial charge in [0.15, 0.2) is 12.0 Å². The first-order valence-electron chi connectivity index (χ1n) is 11.3. The van der Waals surface area contributed by atoms with E-state index in [1.807, 2.05) is 5.38 Å². The lowest BCUT2D eigenvalue weighted by Crippen LogP contribution is -2.23. The molecule has 0 unspecified atom stereocenters. The third-order valence-corrected chi connectivity index (χ3v) is 8.45. The normalized spacial score (nSPS) is 12.6. The summed E-state index contributed by atoms with van der Waals surface area (Å²) in [7, 11) is -0.131. The number of benzene rings is 1. The second kappa shape index (κ2) is 10.1. The standard InChI is InChI=1S/C26H27NO6SSi/c1-31-26(30)23-18(5-6-21(27-23)25(29)33-10-12-35(2,3)4)19-14-22-20(13-17(19)15-28)24-16(7-9-32-22)8-11-34-24/h5-6,8,11,13-15H,7,9-10,12H2,1-4H3. The van der Waals surface area contributed by atoms with Crippen molar-refractivity contribution in [2.24, 2.45) is 0 Å². The summed E-state index contributed by atoms with van der Waals surface area (Å²) in [6.45, 7) is 7.38. The summed E-state index contributed by atoms with van der Waals surface area (Å²) in [5.74, 6) is -0.700. The number of aromatic nitrogens is 1. The zero-order chi connectivity index (χ0) is 25.2. The average Bonchev–Trinajstić information content (AvgIpc) is 3.23. The minimum Gasteiger partial charge on any atom is -0.493 e. The highest BCUT2D eigenvalue weighted by molar-refractivity contribution is 7.13. The third-order valence-electron chi connectivity index (χ3n) is 5.76. The van der Waals surface area contributed by atoms with Crippen LogP contribution in [0.2, 0.25) is 25.7 Å². The van der Waals surface area contributed by atoms with E-state index >= 15 is 0 Å². The molecule has 0 spiro atoms. The minimum atomic E-state index is -1.37. The van der Waals surface area contributed by atoms with Crippen LogP contribution in [-0.2, 0) is 15.9 Å². The molecule has 1 aromatic carbocycles. The Morgan fingerprint density at radius 2 is 1.91 bits per heavy atom. The fourth-order valence-corrected chi connectivity index (χ4v) is 5.52. The lowest BCUT2D eigenvalue weighted by atomic mass is 9.94. The molecule has 182 valence electrons. The van der Waals surface area contributed by atoms with Crippen molar-refractivity contribution in [3.63, 3.8) is 0 Å². The Morgan fingerprint density at radius 1 is 1.11 bits per heavy atom. The maximum atomic E-state index is 12.7. The molecule has 0 aliphatic carbocycles. The van der Waals surface area contributed by atoms with Gasteiger partial charge in [-0.3, -0.25) is 4.79 Å². The van der Waals surface area contributed by atoms with Gasteiger partial charge in [-0.05, 0) is 52.9 Å². The molecule has 0 radical (unpaired) electrons. The lowest BCUT2D eigenvalue weighted by molar-refractivity contribution is 0.0517. The van der Waals surface area contributed by atoms with Crippen LogP contribution in [-0.4, -0.2) is 51.6 Å². The summed E-state index contributed by atoms with van der Waals surface area (Å²) in [6, 6.07) is 9.51. The predicted octanol–water partition coefficient (Wildman–Crippen LogP) is 5.51. The number of fused-ring (bicyclic) bond motifs is 3. The quantitative estimate of drug-likeness (QED) is 0.236. The number of thiophene rings is 1. The highest BCUT2D eigenvalue weighted by Gasteiger charge is 2.25. The number of hydrogen-bond donors (Lipinski definition) is 0. The Kier molecular flexibility index (Phi) is 7.18. The van der Waals surface area contributed by atoms with Gasteiger partial charge >= 0.3 is 11.9 Å². The molecule has 0 N–H and O–H groups in total. The van der Waals surface area contributed by atoms with E-state index in [1.165, 1.54) is 18.7 Å². The highest BCUT2D eigenvalue weighted by atomic mass is 32.1. The number of esters is 2. The molecule has 1 aliphatic rings. The van der Waals surface area contributed by atoms with Crippen LogP contribution in [0.25, 0.3) is 21.6 Å². The zero-order valence-corrected chi connectivity index (χ0v) is 22.0. The second-order valence-corrected chi connectivity index (χ2v) is 16.0. The van der Waals surface area contributed by atoms with E-state index in [1.54, 1.807) is 29.5 Å². The molecule has 0 amide bonds. The molecule has 3 aromatic rings. The fraction of sp³-hybridized carbons (Fsp3) is 0.308. The molecule has 7 nitrogen and oxygen atoms in total. The van der Waals surface area contributed by atoms with Gasteiger partial charge in [-0.25, -0.2) is 14.6 Å². The zero-order valence-electron chi connectivity index (χ0n) is 20.2. The Hall–Kier alpha value is -3.30. The third kappa shape index (κ3) is 5.36. The van der Waals surface area contributed by atoms with E-state index in [0.717, 1.165) is 29.2 Å². The Balaban J connectivity index is 1.75. The van der Waals surface area contributed by atoms with Gasteiger partial charge in [-0.1, -0.05) is 19.6 Å². The SMILES string of the molecule is COC(=O)c1nc(C(=O)OCC[Si](C)(C)C)ccc1-c1cc2c(cc1C=O)-c1sccc1CCO2. The van der Waals surface area contributed by atoms with Crippen LogP contribution in [0.15, 0.2) is 35.7 Å². The number of rotatable bonds is 7. The van der Waals surface area contributed by atoms with Crippen molar-refractivity contribution in [2.75, 3.05) is 20.3 Å². The second-order valence-electron chi connectivity index (χ2n) is 9.46. The molecule has 0 bridgehead atoms. The van der Waals surface area contributed by atoms with Crippen molar-refractivity contribution in [2.45, 2.75) is 32.1 Å². The summed E-state index contributed by atoms with van der Waals surface area (Å²) >= 11 is 1.60. The van der Waals surface area contributed by atoms with Crippen LogP contribution in [0, 0.1) is 0 Å². The minimum absolute atomic E-state index is 0.00613. The number of nitrogens with zero attached hydrogens (tertiary/aromatic N) is 1. The largest absolute Gasteiger partial charge is 0.493 e. The Morgan fingerprint density at radius 3 is 2.63 bits per heavy atom. The molecule has 0 atom stereocenters. The van der Waals surface area contributed by atoms with Crippen LogP contribution >= 0.6 is 11.3 Å². The first kappa shape index (κ1) is 24.8. The van der Waals surface area contributed by atoms with Crippen molar-refractivity contribution >= 4 is 37.6 Å². The molecule has 0 fully saturated rings. The van der Waals surface area contributed by atoms with E-state index in [0.29, 0.717) is 35.7 Å². The molecule has 0 saturated heterocycles. The van der Waals surface area contributed by atoms with Crippen LogP contribution in [0.1, 0.15) is 36.9 Å². The van der Waals surface area contributed by atoms with Crippen LogP contribution < -0.4 is 4.74 Å². The van der Waals surface area contributed by atoms with Crippen LogP contribution in [0.3, 0.4) is 0 Å². The van der Waals surface area contributed by atoms with Gasteiger partial charge in [-0.15, -0.1) is 11.3 Å². The van der Waals surface area contributed by atoms with Crippen molar-refractivity contribution in [3.05, 3.63) is 58.2 Å². The number of carbonyl (C=O) groups excluding carboxylic acids is 3. The number of methoxy groups -OCH3 is 1. The predicted molar refractivity (Wildman–Crippen MR) is 137 cm³/mol. The van der Waals surface area contributed by atoms with Crippen molar-refractivity contribution in [1.82, 2.24) is 4.98 Å². The molecule has 9 heteroatoms. The van der Waals surface area contributed by atoms with Gasteiger partial charge in [0.2, 0.25) is 0 Å². The number of ether oxygens (including phenoxy) is 3. The smallest absolute Gasteiger partial charge is 0.357 e. The average molecular weight is 510 g/mol. The van der Waals surface area contributed by atoms with Gasteiger partial charge in [0, 0.05) is 36.1 Å². The van der Waals surface area contributed by atoms with Crippen LogP contribution in [0.4, 0.5) is 0 Å². The molecule has 3 heterocycles. The molecular weight excluding hydrogens is 482 g/mol. The van der Waals surface area contributed by atoms with E-state index in [-0.39, 0.29) is 11.4 Å². The van der Waals surface area contributed by atoms with E-state index < -0.39 is 20.0 Å². The van der Waals surface area contributed by atoms with Gasteiger partial charge in [-0.2, -0.15) is 0 Å². The maximum Gasteiger partial charge on any atom is 0.357 e. The molecule has 35 heavy (non-hydrogen) atoms. The van der Waals surface area contributed by atoms with Crippen molar-refractivity contribution < 1.29 is 28.6 Å². The van der Waals surface area contributed by atoms with Crippen molar-refractivity contribution in [1.29, 1.82) is 0 Å². The number of hydrogen-bond acceptors (Lipinski definition) is 8. The maximum absolute atomic E-state index is 12.7. The molecule has 4 rings (SSSR count). The van der Waals surface area contributed by atoms with Crippen LogP contribution in [0.5, 0.6) is 5.75 Å². The van der Waals surface area contributed by atoms with Crippen molar-refractivity contribution in [3.8, 4) is 27.3 Å². The molecule has 1 aliphatic heterocycles. The fourth-order valence-electron chi connectivity index (χ4n) is 3.83. The summed E-state index contributed by atoms with van der Waals surface area (Å²) in [6.07, 6.45) is 1.51. The number of aldehydes is 1. The number of pyridine rings is 1. The Bertz CT molecular complexity index is 1290. The van der Waals surface area contributed by atoms with E-state index in [4.69, 9.17) is 14.2 Å². The summed E-state index contributed by atoms with van der Waals surface area (Å²) in [5, 5.41) is 2.02. The van der Waals surface area contributed by atoms with E-state index in [9.17, 15) is 14.4 Å². The number of carbonyl (C=O) groups is 3.